The molecular formula is C10H5Cl3N2. The lowest BCUT2D eigenvalue weighted by atomic mass is 10.1. The molecule has 1 aromatic carbocycles. The number of nitrogens with zero attached hydrogens (tertiary/aromatic N) is 2. The zero-order chi connectivity index (χ0) is 10.8. The molecule has 15 heavy (non-hydrogen) atoms. The molecule has 0 saturated carbocycles. The second-order valence-corrected chi connectivity index (χ2v) is 3.96. The second-order valence-electron chi connectivity index (χ2n) is 2.82. The number of halogens is 3. The summed E-state index contributed by atoms with van der Waals surface area (Å²) < 4.78 is 0. The molecule has 0 amide bonds. The molecule has 0 N–H and O–H groups in total. The highest BCUT2D eigenvalue weighted by molar-refractivity contribution is 6.34. The van der Waals surface area contributed by atoms with Crippen molar-refractivity contribution >= 4 is 34.8 Å². The summed E-state index contributed by atoms with van der Waals surface area (Å²) in [4.78, 5) is 7.82. The summed E-state index contributed by atoms with van der Waals surface area (Å²) >= 11 is 17.5. The van der Waals surface area contributed by atoms with Crippen LogP contribution in [0.5, 0.6) is 0 Å². The van der Waals surface area contributed by atoms with E-state index in [-0.39, 0.29) is 5.28 Å². The molecule has 76 valence electrons. The quantitative estimate of drug-likeness (QED) is 0.569. The molecule has 0 aliphatic heterocycles. The lowest BCUT2D eigenvalue weighted by Gasteiger charge is -2.03. The van der Waals surface area contributed by atoms with Crippen LogP contribution in [0, 0.1) is 0 Å². The third kappa shape index (κ3) is 2.40. The molecule has 2 aromatic rings. The van der Waals surface area contributed by atoms with Crippen molar-refractivity contribution in [1.29, 1.82) is 0 Å². The minimum atomic E-state index is 0.109. The van der Waals surface area contributed by atoms with E-state index in [1.165, 1.54) is 0 Å². The van der Waals surface area contributed by atoms with Gasteiger partial charge in [-0.3, -0.25) is 0 Å². The van der Waals surface area contributed by atoms with Gasteiger partial charge in [0.25, 0.3) is 0 Å². The molecule has 0 aliphatic carbocycles. The third-order valence-electron chi connectivity index (χ3n) is 1.82. The van der Waals surface area contributed by atoms with Gasteiger partial charge >= 0.3 is 0 Å². The van der Waals surface area contributed by atoms with Gasteiger partial charge in [-0.25, -0.2) is 9.97 Å². The fraction of sp³-hybridized carbons (Fsp3) is 0. The Morgan fingerprint density at radius 2 is 1.67 bits per heavy atom. The van der Waals surface area contributed by atoms with Crippen LogP contribution in [-0.4, -0.2) is 9.97 Å². The smallest absolute Gasteiger partial charge is 0.218 e. The van der Waals surface area contributed by atoms with Gasteiger partial charge in [0, 0.05) is 16.7 Å². The maximum absolute atomic E-state index is 6.02. The van der Waals surface area contributed by atoms with E-state index in [9.17, 15) is 0 Å². The molecule has 5 heteroatoms. The van der Waals surface area contributed by atoms with Gasteiger partial charge in [0.1, 0.15) is 5.15 Å². The number of rotatable bonds is 1. The van der Waals surface area contributed by atoms with Crippen LogP contribution in [0.15, 0.2) is 30.3 Å². The van der Waals surface area contributed by atoms with Crippen LogP contribution >= 0.6 is 34.8 Å². The number of benzene rings is 1. The maximum atomic E-state index is 6.02. The van der Waals surface area contributed by atoms with Crippen molar-refractivity contribution in [1.82, 2.24) is 9.97 Å². The molecule has 2 nitrogen and oxygen atoms in total. The zero-order valence-corrected chi connectivity index (χ0v) is 9.68. The predicted molar refractivity (Wildman–Crippen MR) is 62.5 cm³/mol. The summed E-state index contributed by atoms with van der Waals surface area (Å²) in [5.74, 6) is 0. The second kappa shape index (κ2) is 4.35. The van der Waals surface area contributed by atoms with E-state index >= 15 is 0 Å². The van der Waals surface area contributed by atoms with E-state index in [1.54, 1.807) is 12.1 Å². The van der Waals surface area contributed by atoms with Crippen LogP contribution in [0.2, 0.25) is 15.5 Å². The Balaban J connectivity index is 2.59. The lowest BCUT2D eigenvalue weighted by molar-refractivity contribution is 1.17. The van der Waals surface area contributed by atoms with Crippen molar-refractivity contribution in [3.8, 4) is 11.3 Å². The minimum absolute atomic E-state index is 0.109. The van der Waals surface area contributed by atoms with E-state index in [0.717, 1.165) is 5.56 Å². The van der Waals surface area contributed by atoms with Gasteiger partial charge in [0.05, 0.1) is 5.69 Å². The molecule has 1 heterocycles. The van der Waals surface area contributed by atoms with E-state index in [0.29, 0.717) is 15.9 Å². The highest BCUT2D eigenvalue weighted by Gasteiger charge is 2.06. The number of hydrogen-bond donors (Lipinski definition) is 0. The minimum Gasteiger partial charge on any atom is -0.218 e. The Labute approximate surface area is 102 Å². The van der Waals surface area contributed by atoms with Crippen molar-refractivity contribution < 1.29 is 0 Å². The van der Waals surface area contributed by atoms with Crippen LogP contribution in [0.1, 0.15) is 0 Å². The fourth-order valence-corrected chi connectivity index (χ4v) is 1.84. The monoisotopic (exact) mass is 258 g/mol. The molecule has 0 fully saturated rings. The third-order valence-corrected chi connectivity index (χ3v) is 2.51. The van der Waals surface area contributed by atoms with Crippen molar-refractivity contribution in [2.75, 3.05) is 0 Å². The Morgan fingerprint density at radius 1 is 0.933 bits per heavy atom. The summed E-state index contributed by atoms with van der Waals surface area (Å²) in [7, 11) is 0. The standard InChI is InChI=1S/C10H5Cl3N2/c11-7-4-2-1-3-6(7)8-5-9(12)15-10(13)14-8/h1-5H. The average Bonchev–Trinajstić information content (AvgIpc) is 2.16. The average molecular weight is 260 g/mol. The molecule has 0 aliphatic rings. The number of aromatic nitrogens is 2. The number of hydrogen-bond acceptors (Lipinski definition) is 2. The first-order chi connectivity index (χ1) is 7.16. The van der Waals surface area contributed by atoms with Gasteiger partial charge in [-0.2, -0.15) is 0 Å². The highest BCUT2D eigenvalue weighted by Crippen LogP contribution is 2.27. The van der Waals surface area contributed by atoms with Gasteiger partial charge in [-0.15, -0.1) is 0 Å². The molecule has 2 rings (SSSR count). The first-order valence-corrected chi connectivity index (χ1v) is 5.25. The first-order valence-electron chi connectivity index (χ1n) is 4.12. The van der Waals surface area contributed by atoms with E-state index in [1.807, 2.05) is 18.2 Å². The Kier molecular flexibility index (Phi) is 3.10. The van der Waals surface area contributed by atoms with Crippen LogP contribution in [0.3, 0.4) is 0 Å². The fourth-order valence-electron chi connectivity index (χ4n) is 1.20. The molecule has 0 bridgehead atoms. The van der Waals surface area contributed by atoms with Gasteiger partial charge in [-0.1, -0.05) is 41.4 Å². The largest absolute Gasteiger partial charge is 0.224 e. The van der Waals surface area contributed by atoms with Crippen molar-refractivity contribution in [3.63, 3.8) is 0 Å². The van der Waals surface area contributed by atoms with Gasteiger partial charge < -0.3 is 0 Å². The van der Waals surface area contributed by atoms with E-state index in [4.69, 9.17) is 34.8 Å². The Morgan fingerprint density at radius 3 is 2.33 bits per heavy atom. The van der Waals surface area contributed by atoms with Crippen LogP contribution in [-0.2, 0) is 0 Å². The molecule has 0 unspecified atom stereocenters. The van der Waals surface area contributed by atoms with E-state index in [2.05, 4.69) is 9.97 Å². The van der Waals surface area contributed by atoms with Gasteiger partial charge in [-0.05, 0) is 17.7 Å². The van der Waals surface area contributed by atoms with Gasteiger partial charge in [0.15, 0.2) is 0 Å². The molecule has 0 atom stereocenters. The Hall–Kier alpha value is -0.830. The Bertz CT molecular complexity index is 480. The molecular weight excluding hydrogens is 254 g/mol. The predicted octanol–water partition coefficient (Wildman–Crippen LogP) is 4.10. The van der Waals surface area contributed by atoms with Crippen LogP contribution in [0.25, 0.3) is 11.3 Å². The van der Waals surface area contributed by atoms with Crippen molar-refractivity contribution in [2.24, 2.45) is 0 Å². The van der Waals surface area contributed by atoms with Crippen LogP contribution in [0.4, 0.5) is 0 Å². The van der Waals surface area contributed by atoms with Crippen molar-refractivity contribution in [2.45, 2.75) is 0 Å². The normalized spacial score (nSPS) is 10.3. The molecule has 0 saturated heterocycles. The van der Waals surface area contributed by atoms with Gasteiger partial charge in [0.2, 0.25) is 5.28 Å². The lowest BCUT2D eigenvalue weighted by Crippen LogP contribution is -1.88. The summed E-state index contributed by atoms with van der Waals surface area (Å²) in [5.41, 5.74) is 1.40. The molecule has 0 spiro atoms. The van der Waals surface area contributed by atoms with E-state index < -0.39 is 0 Å². The molecule has 1 aromatic heterocycles. The first kappa shape index (κ1) is 10.7. The SMILES string of the molecule is Clc1cc(-c2ccccc2Cl)nc(Cl)n1. The van der Waals surface area contributed by atoms with Crippen LogP contribution < -0.4 is 0 Å². The van der Waals surface area contributed by atoms with Crippen molar-refractivity contribution in [3.05, 3.63) is 45.8 Å². The highest BCUT2D eigenvalue weighted by atomic mass is 35.5. The summed E-state index contributed by atoms with van der Waals surface area (Å²) in [6.07, 6.45) is 0. The summed E-state index contributed by atoms with van der Waals surface area (Å²) in [6.45, 7) is 0. The summed E-state index contributed by atoms with van der Waals surface area (Å²) in [6, 6.07) is 8.95. The molecule has 0 radical (unpaired) electrons. The maximum Gasteiger partial charge on any atom is 0.224 e. The topological polar surface area (TPSA) is 25.8 Å². The summed E-state index contributed by atoms with van der Waals surface area (Å²) in [5, 5.41) is 1.01. The zero-order valence-electron chi connectivity index (χ0n) is 7.42.